The van der Waals surface area contributed by atoms with Crippen LogP contribution >= 0.6 is 0 Å². The summed E-state index contributed by atoms with van der Waals surface area (Å²) in [6, 6.07) is 6.85. The third kappa shape index (κ3) is 5.23. The van der Waals surface area contributed by atoms with Gasteiger partial charge in [-0.05, 0) is 44.7 Å². The van der Waals surface area contributed by atoms with Crippen molar-refractivity contribution in [3.8, 4) is 5.75 Å². The Morgan fingerprint density at radius 2 is 1.95 bits per heavy atom. The Hall–Kier alpha value is -1.02. The zero-order valence-electron chi connectivity index (χ0n) is 13.1. The van der Waals surface area contributed by atoms with Crippen LogP contribution in [0.2, 0.25) is 0 Å². The molecule has 0 aliphatic heterocycles. The van der Waals surface area contributed by atoms with Gasteiger partial charge in [0.15, 0.2) is 0 Å². The van der Waals surface area contributed by atoms with Gasteiger partial charge in [-0.3, -0.25) is 0 Å². The highest BCUT2D eigenvalue weighted by Crippen LogP contribution is 2.30. The predicted octanol–water partition coefficient (Wildman–Crippen LogP) is 4.48. The number of methoxy groups -OCH3 is 1. The molecule has 1 atom stereocenters. The standard InChI is InChI=1S/C17H29NO/c1-6-11-18-16(9-7-13(2)3)15-12-14(4)8-10-17(15)19-5/h8,10,12-13,16,18H,6-7,9,11H2,1-5H3. The molecule has 1 aromatic carbocycles. The molecule has 0 amide bonds. The van der Waals surface area contributed by atoms with Crippen LogP contribution in [0.25, 0.3) is 0 Å². The average Bonchev–Trinajstić information content (AvgIpc) is 2.38. The summed E-state index contributed by atoms with van der Waals surface area (Å²) in [6.45, 7) is 9.97. The van der Waals surface area contributed by atoms with Crippen molar-refractivity contribution >= 4 is 0 Å². The largest absolute Gasteiger partial charge is 0.496 e. The number of hydrogen-bond donors (Lipinski definition) is 1. The van der Waals surface area contributed by atoms with E-state index < -0.39 is 0 Å². The molecular formula is C17H29NO. The van der Waals surface area contributed by atoms with Crippen molar-refractivity contribution in [2.75, 3.05) is 13.7 Å². The number of hydrogen-bond acceptors (Lipinski definition) is 2. The molecule has 0 aromatic heterocycles. The number of rotatable bonds is 8. The van der Waals surface area contributed by atoms with Gasteiger partial charge in [-0.25, -0.2) is 0 Å². The van der Waals surface area contributed by atoms with Gasteiger partial charge in [-0.15, -0.1) is 0 Å². The third-order valence-electron chi connectivity index (χ3n) is 3.43. The van der Waals surface area contributed by atoms with Crippen molar-refractivity contribution in [2.45, 2.75) is 53.0 Å². The maximum Gasteiger partial charge on any atom is 0.123 e. The van der Waals surface area contributed by atoms with E-state index >= 15 is 0 Å². The van der Waals surface area contributed by atoms with Crippen LogP contribution in [0.5, 0.6) is 5.75 Å². The predicted molar refractivity (Wildman–Crippen MR) is 82.8 cm³/mol. The molecule has 2 nitrogen and oxygen atoms in total. The fraction of sp³-hybridized carbons (Fsp3) is 0.647. The van der Waals surface area contributed by atoms with E-state index in [-0.39, 0.29) is 0 Å². The second-order valence-electron chi connectivity index (χ2n) is 5.72. The minimum absolute atomic E-state index is 0.400. The summed E-state index contributed by atoms with van der Waals surface area (Å²) in [6.07, 6.45) is 3.56. The van der Waals surface area contributed by atoms with Gasteiger partial charge in [-0.1, -0.05) is 38.5 Å². The van der Waals surface area contributed by atoms with Crippen LogP contribution in [0.15, 0.2) is 18.2 Å². The zero-order chi connectivity index (χ0) is 14.3. The summed E-state index contributed by atoms with van der Waals surface area (Å²) in [7, 11) is 1.76. The first-order valence-electron chi connectivity index (χ1n) is 7.46. The van der Waals surface area contributed by atoms with Gasteiger partial charge >= 0.3 is 0 Å². The molecule has 0 fully saturated rings. The van der Waals surface area contributed by atoms with Crippen molar-refractivity contribution in [1.82, 2.24) is 5.32 Å². The third-order valence-corrected chi connectivity index (χ3v) is 3.43. The molecule has 0 radical (unpaired) electrons. The lowest BCUT2D eigenvalue weighted by atomic mass is 9.95. The SMILES string of the molecule is CCCNC(CCC(C)C)c1cc(C)ccc1OC. The summed E-state index contributed by atoms with van der Waals surface area (Å²) >= 11 is 0. The average molecular weight is 263 g/mol. The van der Waals surface area contributed by atoms with E-state index in [1.54, 1.807) is 7.11 Å². The van der Waals surface area contributed by atoms with Gasteiger partial charge in [0, 0.05) is 11.6 Å². The molecule has 0 heterocycles. The van der Waals surface area contributed by atoms with Crippen molar-refractivity contribution < 1.29 is 4.74 Å². The summed E-state index contributed by atoms with van der Waals surface area (Å²) in [5, 5.41) is 3.66. The molecule has 1 N–H and O–H groups in total. The Kier molecular flexibility index (Phi) is 6.93. The lowest BCUT2D eigenvalue weighted by molar-refractivity contribution is 0.386. The first kappa shape index (κ1) is 16.0. The molecule has 0 bridgehead atoms. The first-order valence-corrected chi connectivity index (χ1v) is 7.46. The smallest absolute Gasteiger partial charge is 0.123 e. The minimum Gasteiger partial charge on any atom is -0.496 e. The molecule has 19 heavy (non-hydrogen) atoms. The maximum atomic E-state index is 5.53. The van der Waals surface area contributed by atoms with Crippen LogP contribution in [0.4, 0.5) is 0 Å². The monoisotopic (exact) mass is 263 g/mol. The molecule has 1 unspecified atom stereocenters. The van der Waals surface area contributed by atoms with E-state index in [1.165, 1.54) is 17.5 Å². The number of benzene rings is 1. The van der Waals surface area contributed by atoms with Crippen molar-refractivity contribution in [2.24, 2.45) is 5.92 Å². The Labute approximate surface area is 118 Å². The fourth-order valence-corrected chi connectivity index (χ4v) is 2.31. The summed E-state index contributed by atoms with van der Waals surface area (Å²) in [5.41, 5.74) is 2.60. The molecule has 2 heteroatoms. The van der Waals surface area contributed by atoms with E-state index in [0.29, 0.717) is 6.04 Å². The van der Waals surface area contributed by atoms with Crippen LogP contribution in [0.3, 0.4) is 0 Å². The van der Waals surface area contributed by atoms with E-state index in [2.05, 4.69) is 51.2 Å². The molecule has 0 spiro atoms. The Morgan fingerprint density at radius 1 is 1.21 bits per heavy atom. The Morgan fingerprint density at radius 3 is 2.53 bits per heavy atom. The zero-order valence-corrected chi connectivity index (χ0v) is 13.1. The molecule has 0 saturated heterocycles. The molecule has 1 rings (SSSR count). The second-order valence-corrected chi connectivity index (χ2v) is 5.72. The van der Waals surface area contributed by atoms with Crippen molar-refractivity contribution in [3.63, 3.8) is 0 Å². The lowest BCUT2D eigenvalue weighted by Gasteiger charge is -2.22. The normalized spacial score (nSPS) is 12.7. The van der Waals surface area contributed by atoms with Crippen LogP contribution in [0, 0.1) is 12.8 Å². The lowest BCUT2D eigenvalue weighted by Crippen LogP contribution is -2.23. The van der Waals surface area contributed by atoms with Gasteiger partial charge in [-0.2, -0.15) is 0 Å². The van der Waals surface area contributed by atoms with Gasteiger partial charge in [0.25, 0.3) is 0 Å². The molecule has 0 aliphatic carbocycles. The van der Waals surface area contributed by atoms with Gasteiger partial charge in [0.05, 0.1) is 7.11 Å². The summed E-state index contributed by atoms with van der Waals surface area (Å²) in [5.74, 6) is 1.74. The van der Waals surface area contributed by atoms with E-state index in [1.807, 2.05) is 0 Å². The van der Waals surface area contributed by atoms with Crippen LogP contribution in [-0.2, 0) is 0 Å². The molecule has 0 aliphatic rings. The van der Waals surface area contributed by atoms with Gasteiger partial charge in [0.1, 0.15) is 5.75 Å². The molecule has 108 valence electrons. The second kappa shape index (κ2) is 8.21. The Balaban J connectivity index is 2.90. The highest BCUT2D eigenvalue weighted by molar-refractivity contribution is 5.39. The van der Waals surface area contributed by atoms with Crippen molar-refractivity contribution in [1.29, 1.82) is 0 Å². The highest BCUT2D eigenvalue weighted by atomic mass is 16.5. The van der Waals surface area contributed by atoms with Gasteiger partial charge < -0.3 is 10.1 Å². The quantitative estimate of drug-likeness (QED) is 0.746. The van der Waals surface area contributed by atoms with Gasteiger partial charge in [0.2, 0.25) is 0 Å². The first-order chi connectivity index (χ1) is 9.08. The van der Waals surface area contributed by atoms with Crippen LogP contribution in [0.1, 0.15) is 57.2 Å². The van der Waals surface area contributed by atoms with Crippen molar-refractivity contribution in [3.05, 3.63) is 29.3 Å². The molecule has 0 saturated carbocycles. The molecule has 1 aromatic rings. The number of nitrogens with one attached hydrogen (secondary N) is 1. The minimum atomic E-state index is 0.400. The maximum absolute atomic E-state index is 5.53. The topological polar surface area (TPSA) is 21.3 Å². The van der Waals surface area contributed by atoms with E-state index in [4.69, 9.17) is 4.74 Å². The fourth-order valence-electron chi connectivity index (χ4n) is 2.31. The Bertz CT molecular complexity index is 374. The molecular weight excluding hydrogens is 234 g/mol. The summed E-state index contributed by atoms with van der Waals surface area (Å²) in [4.78, 5) is 0. The van der Waals surface area contributed by atoms with E-state index in [9.17, 15) is 0 Å². The highest BCUT2D eigenvalue weighted by Gasteiger charge is 2.16. The summed E-state index contributed by atoms with van der Waals surface area (Å²) < 4.78 is 5.53. The van der Waals surface area contributed by atoms with E-state index in [0.717, 1.165) is 31.1 Å². The van der Waals surface area contributed by atoms with Crippen LogP contribution in [-0.4, -0.2) is 13.7 Å². The van der Waals surface area contributed by atoms with Crippen LogP contribution < -0.4 is 10.1 Å². The number of aryl methyl sites for hydroxylation is 1. The number of ether oxygens (including phenoxy) is 1.